The zero-order chi connectivity index (χ0) is 13.1. The molecule has 0 bridgehead atoms. The zero-order valence-corrected chi connectivity index (χ0v) is 12.4. The van der Waals surface area contributed by atoms with Crippen LogP contribution in [0.15, 0.2) is 17.5 Å². The van der Waals surface area contributed by atoms with Crippen LogP contribution >= 0.6 is 22.7 Å². The first kappa shape index (κ1) is 13.2. The van der Waals surface area contributed by atoms with E-state index < -0.39 is 0 Å². The van der Waals surface area contributed by atoms with Crippen molar-refractivity contribution in [2.45, 2.75) is 27.3 Å². The van der Waals surface area contributed by atoms with Gasteiger partial charge in [0.1, 0.15) is 0 Å². The molecule has 2 heterocycles. The van der Waals surface area contributed by atoms with Gasteiger partial charge in [0, 0.05) is 18.3 Å². The van der Waals surface area contributed by atoms with Crippen LogP contribution in [0.5, 0.6) is 0 Å². The molecule has 3 nitrogen and oxygen atoms in total. The molecule has 0 amide bonds. The standard InChI is InChI=1S/C13H16N2OS2/c1-4-15(8-11-6-5-7-17-11)13-14-9(2)12(18-13)10(3)16/h5-7H,4,8H2,1-3H3. The predicted molar refractivity (Wildman–Crippen MR) is 77.9 cm³/mol. The van der Waals surface area contributed by atoms with Gasteiger partial charge in [-0.25, -0.2) is 4.98 Å². The lowest BCUT2D eigenvalue weighted by Crippen LogP contribution is -2.21. The van der Waals surface area contributed by atoms with Crippen LogP contribution in [0.4, 0.5) is 5.13 Å². The quantitative estimate of drug-likeness (QED) is 0.782. The molecule has 0 unspecified atom stereocenters. The highest BCUT2D eigenvalue weighted by Crippen LogP contribution is 2.28. The molecule has 2 rings (SSSR count). The Morgan fingerprint density at radius 3 is 2.78 bits per heavy atom. The van der Waals surface area contributed by atoms with Gasteiger partial charge in [-0.3, -0.25) is 4.79 Å². The van der Waals surface area contributed by atoms with Gasteiger partial charge >= 0.3 is 0 Å². The fourth-order valence-electron chi connectivity index (χ4n) is 1.75. The van der Waals surface area contributed by atoms with E-state index in [1.165, 1.54) is 16.2 Å². The van der Waals surface area contributed by atoms with Crippen LogP contribution in [-0.4, -0.2) is 17.3 Å². The third-order valence-corrected chi connectivity index (χ3v) is 4.86. The van der Waals surface area contributed by atoms with Gasteiger partial charge in [-0.05, 0) is 25.3 Å². The van der Waals surface area contributed by atoms with Crippen molar-refractivity contribution in [2.75, 3.05) is 11.4 Å². The Labute approximate surface area is 115 Å². The summed E-state index contributed by atoms with van der Waals surface area (Å²) in [5, 5.41) is 3.02. The van der Waals surface area contributed by atoms with E-state index in [0.717, 1.165) is 28.8 Å². The highest BCUT2D eigenvalue weighted by Gasteiger charge is 2.16. The molecule has 2 aromatic heterocycles. The van der Waals surface area contributed by atoms with Crippen LogP contribution in [-0.2, 0) is 6.54 Å². The first-order valence-electron chi connectivity index (χ1n) is 5.87. The minimum atomic E-state index is 0.100. The highest BCUT2D eigenvalue weighted by atomic mass is 32.1. The minimum Gasteiger partial charge on any atom is -0.343 e. The number of nitrogens with zero attached hydrogens (tertiary/aromatic N) is 2. The van der Waals surface area contributed by atoms with Gasteiger partial charge in [-0.15, -0.1) is 11.3 Å². The summed E-state index contributed by atoms with van der Waals surface area (Å²) in [7, 11) is 0. The molecule has 0 fully saturated rings. The minimum absolute atomic E-state index is 0.100. The number of aromatic nitrogens is 1. The lowest BCUT2D eigenvalue weighted by molar-refractivity contribution is 0.102. The summed E-state index contributed by atoms with van der Waals surface area (Å²) in [6.45, 7) is 7.36. The Hall–Kier alpha value is -1.20. The molecule has 0 radical (unpaired) electrons. The van der Waals surface area contributed by atoms with Crippen molar-refractivity contribution in [3.8, 4) is 0 Å². The molecule has 0 aliphatic rings. The van der Waals surface area contributed by atoms with Gasteiger partial charge in [0.25, 0.3) is 0 Å². The predicted octanol–water partition coefficient (Wildman–Crippen LogP) is 3.74. The van der Waals surface area contributed by atoms with E-state index in [9.17, 15) is 4.79 Å². The number of thiazole rings is 1. The molecule has 0 aliphatic heterocycles. The second-order valence-electron chi connectivity index (χ2n) is 4.06. The van der Waals surface area contributed by atoms with E-state index in [1.807, 2.05) is 6.92 Å². The Morgan fingerprint density at radius 1 is 1.50 bits per heavy atom. The molecule has 0 aliphatic carbocycles. The van der Waals surface area contributed by atoms with E-state index in [2.05, 4.69) is 34.3 Å². The number of hydrogen-bond acceptors (Lipinski definition) is 5. The van der Waals surface area contributed by atoms with E-state index >= 15 is 0 Å². The molecular formula is C13H16N2OS2. The van der Waals surface area contributed by atoms with Crippen LogP contribution < -0.4 is 4.90 Å². The average molecular weight is 280 g/mol. The topological polar surface area (TPSA) is 33.2 Å². The SMILES string of the molecule is CCN(Cc1cccs1)c1nc(C)c(C(C)=O)s1. The third kappa shape index (κ3) is 2.79. The first-order chi connectivity index (χ1) is 8.61. The molecule has 2 aromatic rings. The Kier molecular flexibility index (Phi) is 4.14. The molecular weight excluding hydrogens is 264 g/mol. The van der Waals surface area contributed by atoms with E-state index in [4.69, 9.17) is 0 Å². The number of anilines is 1. The maximum atomic E-state index is 11.5. The lowest BCUT2D eigenvalue weighted by Gasteiger charge is -2.18. The Bertz CT molecular complexity index is 531. The fraction of sp³-hybridized carbons (Fsp3) is 0.385. The molecule has 96 valence electrons. The van der Waals surface area contributed by atoms with E-state index in [1.54, 1.807) is 18.3 Å². The summed E-state index contributed by atoms with van der Waals surface area (Å²) in [6, 6.07) is 4.18. The molecule has 0 spiro atoms. The maximum absolute atomic E-state index is 11.5. The number of aryl methyl sites for hydroxylation is 1. The van der Waals surface area contributed by atoms with Crippen LogP contribution in [0.25, 0.3) is 0 Å². The summed E-state index contributed by atoms with van der Waals surface area (Å²) < 4.78 is 0. The number of carbonyl (C=O) groups excluding carboxylic acids is 1. The van der Waals surface area contributed by atoms with Crippen LogP contribution in [0.3, 0.4) is 0 Å². The van der Waals surface area contributed by atoms with Crippen molar-refractivity contribution >= 4 is 33.6 Å². The second-order valence-corrected chi connectivity index (χ2v) is 6.07. The van der Waals surface area contributed by atoms with Gasteiger partial charge in [0.2, 0.25) is 0 Å². The van der Waals surface area contributed by atoms with Crippen molar-refractivity contribution in [1.29, 1.82) is 0 Å². The van der Waals surface area contributed by atoms with Crippen molar-refractivity contribution in [3.05, 3.63) is 33.0 Å². The number of ketones is 1. The normalized spacial score (nSPS) is 10.6. The average Bonchev–Trinajstić information content (AvgIpc) is 2.94. The largest absolute Gasteiger partial charge is 0.343 e. The Balaban J connectivity index is 2.22. The van der Waals surface area contributed by atoms with Crippen molar-refractivity contribution in [2.24, 2.45) is 0 Å². The number of carbonyl (C=O) groups is 1. The van der Waals surface area contributed by atoms with Crippen LogP contribution in [0, 0.1) is 6.92 Å². The van der Waals surface area contributed by atoms with E-state index in [0.29, 0.717) is 0 Å². The summed E-state index contributed by atoms with van der Waals surface area (Å²) in [4.78, 5) is 20.3. The third-order valence-electron chi connectivity index (χ3n) is 2.68. The number of hydrogen-bond donors (Lipinski definition) is 0. The molecule has 0 aromatic carbocycles. The smallest absolute Gasteiger partial charge is 0.186 e. The summed E-state index contributed by atoms with van der Waals surface area (Å²) in [5.74, 6) is 0.100. The van der Waals surface area contributed by atoms with Crippen LogP contribution in [0.2, 0.25) is 0 Å². The van der Waals surface area contributed by atoms with Crippen molar-refractivity contribution in [1.82, 2.24) is 4.98 Å². The zero-order valence-electron chi connectivity index (χ0n) is 10.8. The van der Waals surface area contributed by atoms with Gasteiger partial charge < -0.3 is 4.90 Å². The molecule has 5 heteroatoms. The molecule has 18 heavy (non-hydrogen) atoms. The monoisotopic (exact) mass is 280 g/mol. The highest BCUT2D eigenvalue weighted by molar-refractivity contribution is 7.17. The van der Waals surface area contributed by atoms with Gasteiger partial charge in [0.15, 0.2) is 10.9 Å². The molecule has 0 N–H and O–H groups in total. The summed E-state index contributed by atoms with van der Waals surface area (Å²) in [5.41, 5.74) is 0.840. The lowest BCUT2D eigenvalue weighted by atomic mass is 10.3. The molecule has 0 saturated heterocycles. The number of Topliss-reactive ketones (excluding diaryl/α,β-unsaturated/α-hetero) is 1. The molecule has 0 saturated carbocycles. The van der Waals surface area contributed by atoms with E-state index in [-0.39, 0.29) is 5.78 Å². The number of thiophene rings is 1. The van der Waals surface area contributed by atoms with Gasteiger partial charge in [0.05, 0.1) is 17.1 Å². The Morgan fingerprint density at radius 2 is 2.28 bits per heavy atom. The first-order valence-corrected chi connectivity index (χ1v) is 7.57. The van der Waals surface area contributed by atoms with Gasteiger partial charge in [-0.2, -0.15) is 0 Å². The molecule has 0 atom stereocenters. The van der Waals surface area contributed by atoms with Crippen LogP contribution in [0.1, 0.15) is 34.1 Å². The fourth-order valence-corrected chi connectivity index (χ4v) is 3.49. The second kappa shape index (κ2) is 5.63. The van der Waals surface area contributed by atoms with Gasteiger partial charge in [-0.1, -0.05) is 17.4 Å². The maximum Gasteiger partial charge on any atom is 0.186 e. The van der Waals surface area contributed by atoms with Crippen molar-refractivity contribution < 1.29 is 4.79 Å². The summed E-state index contributed by atoms with van der Waals surface area (Å²) >= 11 is 3.24. The van der Waals surface area contributed by atoms with Crippen molar-refractivity contribution in [3.63, 3.8) is 0 Å². The summed E-state index contributed by atoms with van der Waals surface area (Å²) in [6.07, 6.45) is 0. The number of rotatable bonds is 5.